The van der Waals surface area contributed by atoms with Crippen molar-refractivity contribution in [3.63, 3.8) is 0 Å². The highest BCUT2D eigenvalue weighted by Gasteiger charge is 2.41. The molecule has 2 aliphatic rings. The molecule has 0 radical (unpaired) electrons. The molecule has 0 aliphatic carbocycles. The Hall–Kier alpha value is -2.28. The number of nitrogens with one attached hydrogen (secondary N) is 1. The molecule has 7 nitrogen and oxygen atoms in total. The minimum absolute atomic E-state index is 0.0329. The van der Waals surface area contributed by atoms with Crippen LogP contribution in [0.2, 0.25) is 0 Å². The molecule has 1 aromatic rings. The largest absolute Gasteiger partial charge is 0.496 e. The Morgan fingerprint density at radius 2 is 1.85 bits per heavy atom. The maximum atomic E-state index is 12.8. The molecule has 2 heterocycles. The van der Waals surface area contributed by atoms with Crippen molar-refractivity contribution in [3.8, 4) is 5.75 Å². The van der Waals surface area contributed by atoms with Gasteiger partial charge in [0.25, 0.3) is 5.91 Å². The van der Waals surface area contributed by atoms with Gasteiger partial charge in [-0.2, -0.15) is 0 Å². The van der Waals surface area contributed by atoms with Gasteiger partial charge >= 0.3 is 6.03 Å². The van der Waals surface area contributed by atoms with Crippen LogP contribution in [0.25, 0.3) is 0 Å². The highest BCUT2D eigenvalue weighted by atomic mass is 16.5. The zero-order valence-electron chi connectivity index (χ0n) is 16.3. The number of methoxy groups -OCH3 is 1. The van der Waals surface area contributed by atoms with E-state index in [2.05, 4.69) is 5.32 Å². The Bertz CT molecular complexity index is 667. The van der Waals surface area contributed by atoms with Gasteiger partial charge in [0, 0.05) is 38.4 Å². The average Bonchev–Trinajstić information content (AvgIpc) is 2.63. The Morgan fingerprint density at radius 3 is 2.48 bits per heavy atom. The maximum Gasteiger partial charge on any atom is 0.318 e. The van der Waals surface area contributed by atoms with Crippen molar-refractivity contribution in [2.75, 3.05) is 33.4 Å². The van der Waals surface area contributed by atoms with Gasteiger partial charge in [-0.05, 0) is 38.8 Å². The predicted octanol–water partition coefficient (Wildman–Crippen LogP) is 2.12. The summed E-state index contributed by atoms with van der Waals surface area (Å²) in [5, 5.41) is 3.01. The second-order valence-electron chi connectivity index (χ2n) is 7.42. The van der Waals surface area contributed by atoms with Gasteiger partial charge in [0.05, 0.1) is 18.7 Å². The second kappa shape index (κ2) is 8.61. The third-order valence-electron chi connectivity index (χ3n) is 5.11. The number of amides is 3. The van der Waals surface area contributed by atoms with Crippen molar-refractivity contribution in [1.29, 1.82) is 0 Å². The van der Waals surface area contributed by atoms with Crippen LogP contribution >= 0.6 is 0 Å². The van der Waals surface area contributed by atoms with E-state index >= 15 is 0 Å². The zero-order chi connectivity index (χ0) is 19.4. The zero-order valence-corrected chi connectivity index (χ0v) is 16.3. The molecule has 3 amide bonds. The van der Waals surface area contributed by atoms with E-state index < -0.39 is 0 Å². The van der Waals surface area contributed by atoms with Crippen LogP contribution in [0.15, 0.2) is 24.3 Å². The molecule has 148 valence electrons. The number of urea groups is 1. The number of likely N-dealkylation sites (tertiary alicyclic amines) is 1. The lowest BCUT2D eigenvalue weighted by Gasteiger charge is -2.49. The first kappa shape index (κ1) is 19.5. The van der Waals surface area contributed by atoms with E-state index in [0.29, 0.717) is 37.6 Å². The maximum absolute atomic E-state index is 12.8. The molecule has 1 N–H and O–H groups in total. The van der Waals surface area contributed by atoms with Gasteiger partial charge in [0.2, 0.25) is 0 Å². The van der Waals surface area contributed by atoms with E-state index in [1.807, 2.05) is 30.9 Å². The number of carbonyl (C=O) groups excluding carboxylic acids is 2. The van der Waals surface area contributed by atoms with Gasteiger partial charge in [-0.1, -0.05) is 12.1 Å². The van der Waals surface area contributed by atoms with Crippen LogP contribution in [0.5, 0.6) is 5.75 Å². The van der Waals surface area contributed by atoms with Gasteiger partial charge < -0.3 is 24.6 Å². The van der Waals surface area contributed by atoms with E-state index in [-0.39, 0.29) is 30.1 Å². The first-order chi connectivity index (χ1) is 13.0. The lowest BCUT2D eigenvalue weighted by molar-refractivity contribution is -0.00530. The monoisotopic (exact) mass is 375 g/mol. The molecule has 3 rings (SSSR count). The fourth-order valence-corrected chi connectivity index (χ4v) is 3.70. The van der Waals surface area contributed by atoms with Crippen molar-refractivity contribution < 1.29 is 19.1 Å². The summed E-state index contributed by atoms with van der Waals surface area (Å²) in [5.74, 6) is 0.518. The third-order valence-corrected chi connectivity index (χ3v) is 5.11. The molecule has 0 atom stereocenters. The summed E-state index contributed by atoms with van der Waals surface area (Å²) in [7, 11) is 1.56. The van der Waals surface area contributed by atoms with Crippen molar-refractivity contribution in [2.24, 2.45) is 0 Å². The van der Waals surface area contributed by atoms with E-state index in [1.165, 1.54) is 0 Å². The van der Waals surface area contributed by atoms with Crippen LogP contribution in [-0.2, 0) is 4.74 Å². The average molecular weight is 375 g/mol. The van der Waals surface area contributed by atoms with E-state index in [0.717, 1.165) is 12.8 Å². The number of benzene rings is 1. The first-order valence-electron chi connectivity index (χ1n) is 9.60. The molecule has 0 unspecified atom stereocenters. The minimum atomic E-state index is -0.0557. The molecule has 1 aromatic carbocycles. The van der Waals surface area contributed by atoms with E-state index in [1.54, 1.807) is 24.1 Å². The van der Waals surface area contributed by atoms with Crippen LogP contribution < -0.4 is 10.1 Å². The lowest BCUT2D eigenvalue weighted by Crippen LogP contribution is -2.66. The van der Waals surface area contributed by atoms with Crippen LogP contribution in [0.3, 0.4) is 0 Å². The molecule has 2 fully saturated rings. The number of hydrogen-bond acceptors (Lipinski definition) is 4. The van der Waals surface area contributed by atoms with Gasteiger partial charge in [-0.3, -0.25) is 4.79 Å². The highest BCUT2D eigenvalue weighted by Crippen LogP contribution is 2.27. The summed E-state index contributed by atoms with van der Waals surface area (Å²) < 4.78 is 10.7. The SMILES string of the molecule is COc1ccccc1C(=O)N1CC(N(C(=O)NC(C)C)C2CCOCC2)C1. The standard InChI is InChI=1S/C20H29N3O4/c1-14(2)21-20(25)23(15-8-10-27-11-9-15)16-12-22(13-16)19(24)17-6-4-5-7-18(17)26-3/h4-7,14-16H,8-13H2,1-3H3,(H,21,25). The molecule has 2 saturated heterocycles. The Kier molecular flexibility index (Phi) is 6.21. The minimum Gasteiger partial charge on any atom is -0.496 e. The highest BCUT2D eigenvalue weighted by molar-refractivity contribution is 5.97. The molecule has 0 bridgehead atoms. The van der Waals surface area contributed by atoms with Crippen molar-refractivity contribution in [1.82, 2.24) is 15.1 Å². The van der Waals surface area contributed by atoms with E-state index in [4.69, 9.17) is 9.47 Å². The third kappa shape index (κ3) is 4.35. The molecule has 0 saturated carbocycles. The molecule has 0 aromatic heterocycles. The van der Waals surface area contributed by atoms with E-state index in [9.17, 15) is 9.59 Å². The van der Waals surface area contributed by atoms with Gasteiger partial charge in [-0.25, -0.2) is 4.79 Å². The number of nitrogens with zero attached hydrogens (tertiary/aromatic N) is 2. The predicted molar refractivity (Wildman–Crippen MR) is 102 cm³/mol. The number of ether oxygens (including phenoxy) is 2. The van der Waals surface area contributed by atoms with Crippen molar-refractivity contribution in [2.45, 2.75) is 44.8 Å². The molecule has 2 aliphatic heterocycles. The van der Waals surface area contributed by atoms with Gasteiger partial charge in [-0.15, -0.1) is 0 Å². The van der Waals surface area contributed by atoms with Crippen LogP contribution in [0.4, 0.5) is 4.79 Å². The smallest absolute Gasteiger partial charge is 0.318 e. The summed E-state index contributed by atoms with van der Waals surface area (Å²) in [4.78, 5) is 29.3. The fourth-order valence-electron chi connectivity index (χ4n) is 3.70. The summed E-state index contributed by atoms with van der Waals surface area (Å²) in [6.07, 6.45) is 1.67. The van der Waals surface area contributed by atoms with Crippen molar-refractivity contribution in [3.05, 3.63) is 29.8 Å². The summed E-state index contributed by atoms with van der Waals surface area (Å²) in [6.45, 7) is 6.34. The molecular weight excluding hydrogens is 346 g/mol. The molecule has 27 heavy (non-hydrogen) atoms. The summed E-state index contributed by atoms with van der Waals surface area (Å²) in [5.41, 5.74) is 0.558. The molecule has 0 spiro atoms. The summed E-state index contributed by atoms with van der Waals surface area (Å²) >= 11 is 0. The number of carbonyl (C=O) groups is 2. The van der Waals surface area contributed by atoms with Crippen LogP contribution in [-0.4, -0.2) is 73.3 Å². The Balaban J connectivity index is 1.68. The number of rotatable bonds is 5. The quantitative estimate of drug-likeness (QED) is 0.856. The molecular formula is C20H29N3O4. The molecule has 7 heteroatoms. The number of para-hydroxylation sites is 1. The topological polar surface area (TPSA) is 71.1 Å². The van der Waals surface area contributed by atoms with Gasteiger partial charge in [0.1, 0.15) is 5.75 Å². The van der Waals surface area contributed by atoms with Gasteiger partial charge in [0.15, 0.2) is 0 Å². The Morgan fingerprint density at radius 1 is 1.19 bits per heavy atom. The van der Waals surface area contributed by atoms with Crippen LogP contribution in [0, 0.1) is 0 Å². The van der Waals surface area contributed by atoms with Crippen molar-refractivity contribution >= 4 is 11.9 Å². The Labute approximate surface area is 160 Å². The fraction of sp³-hybridized carbons (Fsp3) is 0.600. The lowest BCUT2D eigenvalue weighted by atomic mass is 9.99. The van der Waals surface area contributed by atoms with Crippen LogP contribution in [0.1, 0.15) is 37.0 Å². The first-order valence-corrected chi connectivity index (χ1v) is 9.60. The second-order valence-corrected chi connectivity index (χ2v) is 7.42. The summed E-state index contributed by atoms with van der Waals surface area (Å²) in [6, 6.07) is 7.45. The number of hydrogen-bond donors (Lipinski definition) is 1. The normalized spacial score (nSPS) is 18.1.